The van der Waals surface area contributed by atoms with Crippen LogP contribution in [0.15, 0.2) is 48.5 Å². The number of amides is 2. The van der Waals surface area contributed by atoms with Crippen LogP contribution in [0.1, 0.15) is 35.7 Å². The molecule has 2 amide bonds. The van der Waals surface area contributed by atoms with E-state index in [9.17, 15) is 9.59 Å². The van der Waals surface area contributed by atoms with E-state index in [2.05, 4.69) is 12.2 Å². The second-order valence-corrected chi connectivity index (χ2v) is 7.21. The summed E-state index contributed by atoms with van der Waals surface area (Å²) in [6.45, 7) is 5.77. The van der Waals surface area contributed by atoms with Crippen LogP contribution in [0, 0.1) is 12.8 Å². The van der Waals surface area contributed by atoms with Crippen LogP contribution in [0.3, 0.4) is 0 Å². The van der Waals surface area contributed by atoms with Gasteiger partial charge in [0, 0.05) is 24.3 Å². The molecule has 2 aromatic rings. The fraction of sp³-hybridized carbons (Fsp3) is 0.364. The summed E-state index contributed by atoms with van der Waals surface area (Å²) in [6, 6.07) is 14.6. The molecule has 5 nitrogen and oxygen atoms in total. The van der Waals surface area contributed by atoms with Crippen LogP contribution in [0.25, 0.3) is 0 Å². The summed E-state index contributed by atoms with van der Waals surface area (Å²) >= 11 is 0. The van der Waals surface area contributed by atoms with Gasteiger partial charge in [0.25, 0.3) is 11.8 Å². The van der Waals surface area contributed by atoms with E-state index in [0.717, 1.165) is 31.5 Å². The lowest BCUT2D eigenvalue weighted by molar-refractivity contribution is -0.118. The smallest absolute Gasteiger partial charge is 0.262 e. The van der Waals surface area contributed by atoms with E-state index in [1.54, 1.807) is 24.3 Å². The molecule has 0 bridgehead atoms. The van der Waals surface area contributed by atoms with Crippen LogP contribution in [-0.2, 0) is 4.79 Å². The lowest BCUT2D eigenvalue weighted by Gasteiger charge is -2.30. The Balaban J connectivity index is 1.51. The summed E-state index contributed by atoms with van der Waals surface area (Å²) < 4.78 is 5.50. The highest BCUT2D eigenvalue weighted by molar-refractivity contribution is 5.96. The summed E-state index contributed by atoms with van der Waals surface area (Å²) in [7, 11) is 0. The third-order valence-corrected chi connectivity index (χ3v) is 4.85. The number of benzene rings is 2. The SMILES string of the molecule is Cc1cccc(OCC(=O)Nc2ccc(C(=O)N3CCC(C)CC3)cc2)c1. The zero-order valence-electron chi connectivity index (χ0n) is 15.9. The van der Waals surface area contributed by atoms with Crippen molar-refractivity contribution in [3.63, 3.8) is 0 Å². The van der Waals surface area contributed by atoms with Crippen molar-refractivity contribution in [2.75, 3.05) is 25.0 Å². The van der Waals surface area contributed by atoms with Gasteiger partial charge in [0.2, 0.25) is 0 Å². The Morgan fingerprint density at radius 2 is 1.81 bits per heavy atom. The van der Waals surface area contributed by atoms with Gasteiger partial charge in [-0.15, -0.1) is 0 Å². The first kappa shape index (κ1) is 19.0. The third kappa shape index (κ3) is 5.33. The molecular weight excluding hydrogens is 340 g/mol. The molecule has 1 saturated heterocycles. The fourth-order valence-electron chi connectivity index (χ4n) is 3.14. The molecule has 2 aromatic carbocycles. The van der Waals surface area contributed by atoms with Crippen molar-refractivity contribution in [2.24, 2.45) is 5.92 Å². The zero-order valence-corrected chi connectivity index (χ0v) is 15.9. The molecule has 0 atom stereocenters. The topological polar surface area (TPSA) is 58.6 Å². The van der Waals surface area contributed by atoms with Gasteiger partial charge in [-0.2, -0.15) is 0 Å². The van der Waals surface area contributed by atoms with E-state index < -0.39 is 0 Å². The maximum absolute atomic E-state index is 12.5. The highest BCUT2D eigenvalue weighted by atomic mass is 16.5. The Kier molecular flexibility index (Phi) is 6.12. The van der Waals surface area contributed by atoms with Crippen LogP contribution >= 0.6 is 0 Å². The van der Waals surface area contributed by atoms with Crippen molar-refractivity contribution in [1.29, 1.82) is 0 Å². The zero-order chi connectivity index (χ0) is 19.2. The first-order valence-corrected chi connectivity index (χ1v) is 9.40. The summed E-state index contributed by atoms with van der Waals surface area (Å²) in [5, 5.41) is 2.79. The van der Waals surface area contributed by atoms with Crippen molar-refractivity contribution in [3.05, 3.63) is 59.7 Å². The van der Waals surface area contributed by atoms with Crippen LogP contribution in [0.2, 0.25) is 0 Å². The Morgan fingerprint density at radius 3 is 2.48 bits per heavy atom. The minimum atomic E-state index is -0.236. The van der Waals surface area contributed by atoms with Crippen molar-refractivity contribution >= 4 is 17.5 Å². The highest BCUT2D eigenvalue weighted by Crippen LogP contribution is 2.19. The molecule has 1 aliphatic rings. The summed E-state index contributed by atoms with van der Waals surface area (Å²) in [6.07, 6.45) is 2.11. The van der Waals surface area contributed by atoms with Crippen molar-refractivity contribution in [2.45, 2.75) is 26.7 Å². The molecule has 0 radical (unpaired) electrons. The van der Waals surface area contributed by atoms with Gasteiger partial charge < -0.3 is 15.0 Å². The Bertz CT molecular complexity index is 793. The van der Waals surface area contributed by atoms with Crippen LogP contribution in [0.4, 0.5) is 5.69 Å². The quantitative estimate of drug-likeness (QED) is 0.873. The number of nitrogens with one attached hydrogen (secondary N) is 1. The van der Waals surface area contributed by atoms with Crippen LogP contribution in [-0.4, -0.2) is 36.4 Å². The monoisotopic (exact) mass is 366 g/mol. The molecule has 5 heteroatoms. The van der Waals surface area contributed by atoms with Gasteiger partial charge in [-0.3, -0.25) is 9.59 Å². The molecule has 0 saturated carbocycles. The van der Waals surface area contributed by atoms with Crippen molar-refractivity contribution in [1.82, 2.24) is 4.90 Å². The first-order chi connectivity index (χ1) is 13.0. The van der Waals surface area contributed by atoms with Gasteiger partial charge in [-0.05, 0) is 67.6 Å². The number of anilines is 1. The largest absolute Gasteiger partial charge is 0.484 e. The molecule has 1 N–H and O–H groups in total. The Labute approximate surface area is 160 Å². The number of hydrogen-bond donors (Lipinski definition) is 1. The molecule has 27 heavy (non-hydrogen) atoms. The number of likely N-dealkylation sites (tertiary alicyclic amines) is 1. The van der Waals surface area contributed by atoms with Crippen LogP contribution in [0.5, 0.6) is 5.75 Å². The number of carbonyl (C=O) groups is 2. The third-order valence-electron chi connectivity index (χ3n) is 4.85. The molecular formula is C22H26N2O3. The lowest BCUT2D eigenvalue weighted by Crippen LogP contribution is -2.37. The number of aryl methyl sites for hydroxylation is 1. The number of rotatable bonds is 5. The van der Waals surface area contributed by atoms with Crippen molar-refractivity contribution in [3.8, 4) is 5.75 Å². The van der Waals surface area contributed by atoms with Gasteiger partial charge in [-0.25, -0.2) is 0 Å². The normalized spacial score (nSPS) is 14.7. The molecule has 1 aliphatic heterocycles. The maximum atomic E-state index is 12.5. The summed E-state index contributed by atoms with van der Waals surface area (Å²) in [4.78, 5) is 26.5. The van der Waals surface area contributed by atoms with Gasteiger partial charge in [0.15, 0.2) is 6.61 Å². The van der Waals surface area contributed by atoms with E-state index in [0.29, 0.717) is 22.9 Å². The average molecular weight is 366 g/mol. The van der Waals surface area contributed by atoms with E-state index in [1.807, 2.05) is 36.1 Å². The average Bonchev–Trinajstić information content (AvgIpc) is 2.67. The predicted molar refractivity (Wildman–Crippen MR) is 106 cm³/mol. The van der Waals surface area contributed by atoms with E-state index in [4.69, 9.17) is 4.74 Å². The number of piperidine rings is 1. The van der Waals surface area contributed by atoms with Crippen molar-refractivity contribution < 1.29 is 14.3 Å². The fourth-order valence-corrected chi connectivity index (χ4v) is 3.14. The molecule has 142 valence electrons. The molecule has 1 fully saturated rings. The molecule has 0 spiro atoms. The predicted octanol–water partition coefficient (Wildman–Crippen LogP) is 3.88. The van der Waals surface area contributed by atoms with Crippen LogP contribution < -0.4 is 10.1 Å². The molecule has 0 aromatic heterocycles. The Morgan fingerprint density at radius 1 is 1.11 bits per heavy atom. The maximum Gasteiger partial charge on any atom is 0.262 e. The molecule has 0 unspecified atom stereocenters. The number of ether oxygens (including phenoxy) is 1. The molecule has 3 rings (SSSR count). The Hall–Kier alpha value is -2.82. The standard InChI is InChI=1S/C22H26N2O3/c1-16-10-12-24(13-11-16)22(26)18-6-8-19(9-7-18)23-21(25)15-27-20-5-3-4-17(2)14-20/h3-9,14,16H,10-13,15H2,1-2H3,(H,23,25). The van der Waals surface area contributed by atoms with Gasteiger partial charge in [0.1, 0.15) is 5.75 Å². The summed E-state index contributed by atoms with van der Waals surface area (Å²) in [5.41, 5.74) is 2.38. The minimum Gasteiger partial charge on any atom is -0.484 e. The molecule has 0 aliphatic carbocycles. The van der Waals surface area contributed by atoms with E-state index >= 15 is 0 Å². The molecule has 1 heterocycles. The van der Waals surface area contributed by atoms with Gasteiger partial charge in [-0.1, -0.05) is 19.1 Å². The lowest BCUT2D eigenvalue weighted by atomic mass is 9.98. The van der Waals surface area contributed by atoms with Gasteiger partial charge >= 0.3 is 0 Å². The second kappa shape index (κ2) is 8.71. The number of hydrogen-bond acceptors (Lipinski definition) is 3. The van der Waals surface area contributed by atoms with Gasteiger partial charge in [0.05, 0.1) is 0 Å². The minimum absolute atomic E-state index is 0.0579. The highest BCUT2D eigenvalue weighted by Gasteiger charge is 2.21. The van der Waals surface area contributed by atoms with E-state index in [-0.39, 0.29) is 18.4 Å². The first-order valence-electron chi connectivity index (χ1n) is 9.40. The number of nitrogens with zero attached hydrogens (tertiary/aromatic N) is 1. The number of carbonyl (C=O) groups excluding carboxylic acids is 2. The van der Waals surface area contributed by atoms with E-state index in [1.165, 1.54) is 0 Å². The second-order valence-electron chi connectivity index (χ2n) is 7.21. The summed E-state index contributed by atoms with van der Waals surface area (Å²) in [5.74, 6) is 1.18.